The predicted molar refractivity (Wildman–Crippen MR) is 89.0 cm³/mol. The van der Waals surface area contributed by atoms with Gasteiger partial charge in [0.2, 0.25) is 11.7 Å². The number of ether oxygens (including phenoxy) is 6. The van der Waals surface area contributed by atoms with E-state index in [0.717, 1.165) is 0 Å². The van der Waals surface area contributed by atoms with Crippen LogP contribution in [0.3, 0.4) is 0 Å². The van der Waals surface area contributed by atoms with Crippen molar-refractivity contribution in [1.82, 2.24) is 5.32 Å². The molecule has 0 aromatic heterocycles. The van der Waals surface area contributed by atoms with Gasteiger partial charge in [0.15, 0.2) is 17.5 Å². The first-order chi connectivity index (χ1) is 12.5. The molecule has 3 saturated heterocycles. The number of carbonyl (C=O) groups excluding carboxylic acids is 2. The van der Waals surface area contributed by atoms with Crippen LogP contribution in [0.4, 0.5) is 4.79 Å². The smallest absolute Gasteiger partial charge is 0.414 e. The fourth-order valence-corrected chi connectivity index (χ4v) is 3.71. The highest BCUT2D eigenvalue weighted by atomic mass is 35.5. The SMILES string of the molecule is CO[C@@H]1[C@H](OC(=O)NC(=O)CCl)CO[C@]2(COC(C)(C)O2)[C@@]1(O)C1(C)CO1. The number of imide groups is 1. The van der Waals surface area contributed by atoms with Crippen molar-refractivity contribution in [3.05, 3.63) is 0 Å². The molecule has 0 radical (unpaired) electrons. The van der Waals surface area contributed by atoms with Crippen LogP contribution in [0.15, 0.2) is 0 Å². The standard InChI is InChI=1S/C16H24ClNO9/c1-13(2)24-8-15(27-13)16(21,14(3)7-25-14)11(22-4)9(6-23-15)26-12(20)18-10(19)5-17/h9,11,21H,5-8H2,1-4H3,(H,18,19,20)/t9-,11-,14?,15+,16+/m1/s1. The van der Waals surface area contributed by atoms with E-state index in [1.807, 2.05) is 5.32 Å². The molecule has 1 unspecified atom stereocenters. The first-order valence-electron chi connectivity index (χ1n) is 8.46. The highest BCUT2D eigenvalue weighted by molar-refractivity contribution is 6.28. The second kappa shape index (κ2) is 6.80. The first-order valence-corrected chi connectivity index (χ1v) is 8.99. The molecule has 3 fully saturated rings. The summed E-state index contributed by atoms with van der Waals surface area (Å²) in [6, 6.07) is 0. The summed E-state index contributed by atoms with van der Waals surface area (Å²) in [4.78, 5) is 23.2. The molecule has 2 N–H and O–H groups in total. The van der Waals surface area contributed by atoms with E-state index >= 15 is 0 Å². The Morgan fingerprint density at radius 1 is 1.22 bits per heavy atom. The summed E-state index contributed by atoms with van der Waals surface area (Å²) in [6.07, 6.45) is -3.14. The lowest BCUT2D eigenvalue weighted by atomic mass is 9.73. The minimum Gasteiger partial charge on any atom is -0.441 e. The molecule has 154 valence electrons. The molecule has 0 bridgehead atoms. The number of amides is 2. The molecule has 11 heteroatoms. The van der Waals surface area contributed by atoms with Crippen molar-refractivity contribution in [2.45, 2.75) is 55.8 Å². The Morgan fingerprint density at radius 2 is 1.89 bits per heavy atom. The quantitative estimate of drug-likeness (QED) is 0.483. The van der Waals surface area contributed by atoms with E-state index in [1.54, 1.807) is 20.8 Å². The fraction of sp³-hybridized carbons (Fsp3) is 0.875. The van der Waals surface area contributed by atoms with Gasteiger partial charge in [-0.05, 0) is 20.8 Å². The summed E-state index contributed by atoms with van der Waals surface area (Å²) < 4.78 is 33.7. The van der Waals surface area contributed by atoms with Crippen molar-refractivity contribution in [2.75, 3.05) is 32.8 Å². The van der Waals surface area contributed by atoms with Crippen LogP contribution in [0.2, 0.25) is 0 Å². The molecule has 3 aliphatic heterocycles. The van der Waals surface area contributed by atoms with Crippen molar-refractivity contribution in [3.63, 3.8) is 0 Å². The zero-order chi connectivity index (χ0) is 20.1. The normalized spacial score (nSPS) is 42.7. The summed E-state index contributed by atoms with van der Waals surface area (Å²) in [5, 5.41) is 13.7. The second-order valence-corrected chi connectivity index (χ2v) is 7.69. The summed E-state index contributed by atoms with van der Waals surface area (Å²) in [6.45, 7) is 5.06. The van der Waals surface area contributed by atoms with Gasteiger partial charge >= 0.3 is 6.09 Å². The second-order valence-electron chi connectivity index (χ2n) is 7.42. The van der Waals surface area contributed by atoms with Gasteiger partial charge in [-0.1, -0.05) is 0 Å². The number of aliphatic hydroxyl groups is 1. The highest BCUT2D eigenvalue weighted by Gasteiger charge is 2.78. The topological polar surface area (TPSA) is 125 Å². The summed E-state index contributed by atoms with van der Waals surface area (Å²) >= 11 is 5.36. The van der Waals surface area contributed by atoms with E-state index in [-0.39, 0.29) is 19.8 Å². The van der Waals surface area contributed by atoms with Crippen molar-refractivity contribution < 1.29 is 43.1 Å². The fourth-order valence-electron chi connectivity index (χ4n) is 3.65. The molecule has 27 heavy (non-hydrogen) atoms. The Labute approximate surface area is 161 Å². The number of epoxide rings is 1. The Kier molecular flexibility index (Phi) is 5.22. The van der Waals surface area contributed by atoms with Gasteiger partial charge < -0.3 is 33.5 Å². The van der Waals surface area contributed by atoms with Gasteiger partial charge in [-0.25, -0.2) is 4.79 Å². The van der Waals surface area contributed by atoms with Gasteiger partial charge in [-0.3, -0.25) is 10.1 Å². The van der Waals surface area contributed by atoms with E-state index in [0.29, 0.717) is 0 Å². The largest absolute Gasteiger partial charge is 0.441 e. The number of methoxy groups -OCH3 is 1. The van der Waals surface area contributed by atoms with Crippen molar-refractivity contribution in [3.8, 4) is 0 Å². The monoisotopic (exact) mass is 409 g/mol. The molecule has 1 spiro atoms. The molecule has 3 rings (SSSR count). The maximum absolute atomic E-state index is 11.9. The molecule has 10 nitrogen and oxygen atoms in total. The number of carbonyl (C=O) groups is 2. The zero-order valence-corrected chi connectivity index (χ0v) is 16.3. The Balaban J connectivity index is 1.88. The molecule has 3 heterocycles. The van der Waals surface area contributed by atoms with Crippen LogP contribution in [0.1, 0.15) is 20.8 Å². The number of halogens is 1. The minimum absolute atomic E-state index is 0.0705. The third-order valence-corrected chi connectivity index (χ3v) is 5.33. The number of hydrogen-bond donors (Lipinski definition) is 2. The van der Waals surface area contributed by atoms with E-state index in [1.165, 1.54) is 7.11 Å². The van der Waals surface area contributed by atoms with Gasteiger partial charge in [-0.15, -0.1) is 11.6 Å². The van der Waals surface area contributed by atoms with E-state index in [2.05, 4.69) is 0 Å². The maximum atomic E-state index is 11.9. The Morgan fingerprint density at radius 3 is 2.37 bits per heavy atom. The average molecular weight is 410 g/mol. The number of alkyl halides is 1. The third kappa shape index (κ3) is 3.33. The van der Waals surface area contributed by atoms with Crippen molar-refractivity contribution in [1.29, 1.82) is 0 Å². The third-order valence-electron chi connectivity index (χ3n) is 5.09. The van der Waals surface area contributed by atoms with Gasteiger partial charge in [0.25, 0.3) is 0 Å². The summed E-state index contributed by atoms with van der Waals surface area (Å²) in [5.74, 6) is -3.70. The number of alkyl carbamates (subject to hydrolysis) is 1. The lowest BCUT2D eigenvalue weighted by Gasteiger charge is -2.53. The summed E-state index contributed by atoms with van der Waals surface area (Å²) in [7, 11) is 1.36. The van der Waals surface area contributed by atoms with Crippen LogP contribution in [0.5, 0.6) is 0 Å². The van der Waals surface area contributed by atoms with Crippen LogP contribution in [0, 0.1) is 0 Å². The Hall–Kier alpha value is -1.01. The van der Waals surface area contributed by atoms with Crippen LogP contribution in [-0.2, 0) is 33.2 Å². The summed E-state index contributed by atoms with van der Waals surface area (Å²) in [5.41, 5.74) is -2.93. The molecule has 2 amide bonds. The van der Waals surface area contributed by atoms with E-state index in [9.17, 15) is 14.7 Å². The molecule has 3 aliphatic rings. The molecule has 0 aliphatic carbocycles. The Bertz CT molecular complexity index is 625. The number of hydrogen-bond acceptors (Lipinski definition) is 9. The molecule has 0 aromatic rings. The van der Waals surface area contributed by atoms with E-state index < -0.39 is 52.9 Å². The predicted octanol–water partition coefficient (Wildman–Crippen LogP) is -0.109. The molecule has 0 aromatic carbocycles. The number of nitrogens with one attached hydrogen (secondary N) is 1. The van der Waals surface area contributed by atoms with Crippen molar-refractivity contribution >= 4 is 23.6 Å². The van der Waals surface area contributed by atoms with Crippen LogP contribution >= 0.6 is 11.6 Å². The van der Waals surface area contributed by atoms with Gasteiger partial charge in [0.1, 0.15) is 24.2 Å². The van der Waals surface area contributed by atoms with E-state index in [4.69, 9.17) is 40.0 Å². The van der Waals surface area contributed by atoms with Gasteiger partial charge in [0.05, 0.1) is 13.2 Å². The lowest BCUT2D eigenvalue weighted by molar-refractivity contribution is -0.391. The minimum atomic E-state index is -1.86. The van der Waals surface area contributed by atoms with Crippen LogP contribution < -0.4 is 5.32 Å². The van der Waals surface area contributed by atoms with Gasteiger partial charge in [0, 0.05) is 7.11 Å². The van der Waals surface area contributed by atoms with Gasteiger partial charge in [-0.2, -0.15) is 0 Å². The van der Waals surface area contributed by atoms with Crippen molar-refractivity contribution in [2.24, 2.45) is 0 Å². The molecule has 0 saturated carbocycles. The average Bonchev–Trinajstić information content (AvgIpc) is 3.27. The molecule has 5 atom stereocenters. The first kappa shape index (κ1) is 20.7. The molecular formula is C16H24ClNO9. The highest BCUT2D eigenvalue weighted by Crippen LogP contribution is 2.55. The van der Waals surface area contributed by atoms with Crippen LogP contribution in [0.25, 0.3) is 0 Å². The number of rotatable bonds is 4. The zero-order valence-electron chi connectivity index (χ0n) is 15.6. The lowest BCUT2D eigenvalue weighted by Crippen LogP contribution is -2.77. The van der Waals surface area contributed by atoms with Crippen LogP contribution in [-0.4, -0.2) is 84.9 Å². The molecular weight excluding hydrogens is 386 g/mol. The maximum Gasteiger partial charge on any atom is 0.414 e.